The number of nitrogens with one attached hydrogen (secondary N) is 1. The van der Waals surface area contributed by atoms with E-state index in [9.17, 15) is 4.79 Å². The van der Waals surface area contributed by atoms with Crippen molar-refractivity contribution in [3.05, 3.63) is 84.7 Å². The lowest BCUT2D eigenvalue weighted by Crippen LogP contribution is -2.35. The smallest absolute Gasteiger partial charge is 0.261 e. The Labute approximate surface area is 147 Å². The molecule has 0 saturated heterocycles. The lowest BCUT2D eigenvalue weighted by molar-refractivity contribution is -0.127. The van der Waals surface area contributed by atoms with Gasteiger partial charge in [0.05, 0.1) is 0 Å². The molecule has 0 saturated carbocycles. The van der Waals surface area contributed by atoms with Gasteiger partial charge in [-0.05, 0) is 41.8 Å². The molecule has 0 aliphatic rings. The second kappa shape index (κ2) is 8.11. The Morgan fingerprint density at radius 1 is 1.00 bits per heavy atom. The third kappa shape index (κ3) is 4.67. The summed E-state index contributed by atoms with van der Waals surface area (Å²) < 4.78 is 5.73. The Morgan fingerprint density at radius 3 is 2.40 bits per heavy atom. The van der Waals surface area contributed by atoms with E-state index in [0.29, 0.717) is 12.3 Å². The van der Waals surface area contributed by atoms with Crippen molar-refractivity contribution in [3.63, 3.8) is 0 Å². The van der Waals surface area contributed by atoms with Crippen LogP contribution < -0.4 is 10.1 Å². The van der Waals surface area contributed by atoms with Crippen LogP contribution in [-0.4, -0.2) is 17.0 Å². The van der Waals surface area contributed by atoms with Gasteiger partial charge >= 0.3 is 0 Å². The number of amides is 1. The first-order valence-electron chi connectivity index (χ1n) is 8.21. The first-order chi connectivity index (χ1) is 12.2. The zero-order valence-electron chi connectivity index (χ0n) is 14.1. The maximum atomic E-state index is 12.2. The van der Waals surface area contributed by atoms with Crippen LogP contribution in [-0.2, 0) is 11.3 Å². The number of nitrogens with zero attached hydrogens (tertiary/aromatic N) is 1. The van der Waals surface area contributed by atoms with Crippen molar-refractivity contribution in [1.82, 2.24) is 10.3 Å². The van der Waals surface area contributed by atoms with E-state index in [-0.39, 0.29) is 5.91 Å². The van der Waals surface area contributed by atoms with Crippen LogP contribution in [0.4, 0.5) is 0 Å². The lowest BCUT2D eigenvalue weighted by atomic mass is 10.1. The average Bonchev–Trinajstić information content (AvgIpc) is 2.68. The summed E-state index contributed by atoms with van der Waals surface area (Å²) in [6, 6.07) is 21.6. The molecule has 3 rings (SSSR count). The number of benzene rings is 2. The Kier molecular flexibility index (Phi) is 5.42. The number of aromatic nitrogens is 1. The number of rotatable bonds is 6. The second-order valence-corrected chi connectivity index (χ2v) is 5.73. The van der Waals surface area contributed by atoms with Crippen LogP contribution in [0, 0.1) is 0 Å². The molecule has 126 valence electrons. The predicted octanol–water partition coefficient (Wildman–Crippen LogP) is 3.83. The van der Waals surface area contributed by atoms with Gasteiger partial charge in [0.2, 0.25) is 0 Å². The molecule has 0 aliphatic carbocycles. The van der Waals surface area contributed by atoms with Gasteiger partial charge in [-0.25, -0.2) is 0 Å². The van der Waals surface area contributed by atoms with Gasteiger partial charge in [0, 0.05) is 18.9 Å². The van der Waals surface area contributed by atoms with Crippen molar-refractivity contribution < 1.29 is 9.53 Å². The van der Waals surface area contributed by atoms with Crippen molar-refractivity contribution in [2.75, 3.05) is 0 Å². The lowest BCUT2D eigenvalue weighted by Gasteiger charge is -2.15. The quantitative estimate of drug-likeness (QED) is 0.746. The van der Waals surface area contributed by atoms with Crippen LogP contribution >= 0.6 is 0 Å². The molecule has 1 aromatic heterocycles. The molecule has 2 aromatic carbocycles. The number of pyridine rings is 1. The molecule has 1 N–H and O–H groups in total. The van der Waals surface area contributed by atoms with Crippen LogP contribution in [0.1, 0.15) is 12.5 Å². The third-order valence-corrected chi connectivity index (χ3v) is 3.83. The summed E-state index contributed by atoms with van der Waals surface area (Å²) in [5.41, 5.74) is 3.22. The van der Waals surface area contributed by atoms with Gasteiger partial charge in [-0.3, -0.25) is 9.78 Å². The zero-order valence-corrected chi connectivity index (χ0v) is 14.1. The number of ether oxygens (including phenoxy) is 1. The summed E-state index contributed by atoms with van der Waals surface area (Å²) in [5, 5.41) is 2.85. The minimum atomic E-state index is -0.570. The highest BCUT2D eigenvalue weighted by Gasteiger charge is 2.14. The van der Waals surface area contributed by atoms with Gasteiger partial charge in [-0.1, -0.05) is 48.5 Å². The van der Waals surface area contributed by atoms with Gasteiger partial charge in [-0.2, -0.15) is 0 Å². The number of hydrogen-bond acceptors (Lipinski definition) is 3. The molecular formula is C21H20N2O2. The fraction of sp³-hybridized carbons (Fsp3) is 0.143. The Morgan fingerprint density at radius 2 is 1.72 bits per heavy atom. The van der Waals surface area contributed by atoms with E-state index in [1.54, 1.807) is 19.3 Å². The van der Waals surface area contributed by atoms with Crippen LogP contribution in [0.15, 0.2) is 79.1 Å². The molecule has 1 unspecified atom stereocenters. The molecule has 3 aromatic rings. The molecule has 4 heteroatoms. The van der Waals surface area contributed by atoms with Crippen LogP contribution in [0.3, 0.4) is 0 Å². The van der Waals surface area contributed by atoms with E-state index in [4.69, 9.17) is 4.74 Å². The topological polar surface area (TPSA) is 51.2 Å². The zero-order chi connectivity index (χ0) is 17.5. The Balaban J connectivity index is 1.55. The summed E-state index contributed by atoms with van der Waals surface area (Å²) in [5.74, 6) is 0.514. The van der Waals surface area contributed by atoms with Crippen LogP contribution in [0.5, 0.6) is 5.75 Å². The Hall–Kier alpha value is -3.14. The molecule has 0 bridgehead atoms. The highest BCUT2D eigenvalue weighted by atomic mass is 16.5. The molecule has 0 radical (unpaired) electrons. The molecular weight excluding hydrogens is 312 g/mol. The van der Waals surface area contributed by atoms with Crippen molar-refractivity contribution in [3.8, 4) is 16.9 Å². The van der Waals surface area contributed by atoms with Gasteiger partial charge in [-0.15, -0.1) is 0 Å². The summed E-state index contributed by atoms with van der Waals surface area (Å²) >= 11 is 0. The maximum absolute atomic E-state index is 12.2. The van der Waals surface area contributed by atoms with Crippen LogP contribution in [0.2, 0.25) is 0 Å². The monoisotopic (exact) mass is 332 g/mol. The fourth-order valence-corrected chi connectivity index (χ4v) is 2.45. The van der Waals surface area contributed by atoms with Crippen molar-refractivity contribution in [2.45, 2.75) is 19.6 Å². The van der Waals surface area contributed by atoms with E-state index < -0.39 is 6.10 Å². The molecule has 0 aliphatic heterocycles. The molecule has 4 nitrogen and oxygen atoms in total. The minimum Gasteiger partial charge on any atom is -0.481 e. The van der Waals surface area contributed by atoms with Crippen LogP contribution in [0.25, 0.3) is 11.1 Å². The largest absolute Gasteiger partial charge is 0.481 e. The van der Waals surface area contributed by atoms with Gasteiger partial charge in [0.15, 0.2) is 6.10 Å². The SMILES string of the molecule is CC(Oc1ccc(-c2ccccc2)cc1)C(=O)NCc1cccnc1. The number of carbonyl (C=O) groups is 1. The highest BCUT2D eigenvalue weighted by Crippen LogP contribution is 2.22. The minimum absolute atomic E-state index is 0.156. The summed E-state index contributed by atoms with van der Waals surface area (Å²) in [6.45, 7) is 2.18. The predicted molar refractivity (Wildman–Crippen MR) is 98.1 cm³/mol. The van der Waals surface area contributed by atoms with Gasteiger partial charge < -0.3 is 10.1 Å². The summed E-state index contributed by atoms with van der Waals surface area (Å²) in [7, 11) is 0. The molecule has 1 heterocycles. The molecule has 25 heavy (non-hydrogen) atoms. The van der Waals surface area contributed by atoms with Crippen molar-refractivity contribution >= 4 is 5.91 Å². The van der Waals surface area contributed by atoms with Gasteiger partial charge in [0.25, 0.3) is 5.91 Å². The van der Waals surface area contributed by atoms with E-state index >= 15 is 0 Å². The standard InChI is InChI=1S/C21H20N2O2/c1-16(21(24)23-15-17-6-5-13-22-14-17)25-20-11-9-19(10-12-20)18-7-3-2-4-8-18/h2-14,16H,15H2,1H3,(H,23,24). The average molecular weight is 332 g/mol. The Bertz CT molecular complexity index is 802. The fourth-order valence-electron chi connectivity index (χ4n) is 2.45. The maximum Gasteiger partial charge on any atom is 0.261 e. The molecule has 1 atom stereocenters. The number of carbonyl (C=O) groups excluding carboxylic acids is 1. The van der Waals surface area contributed by atoms with Crippen molar-refractivity contribution in [1.29, 1.82) is 0 Å². The van der Waals surface area contributed by atoms with E-state index in [1.807, 2.05) is 54.6 Å². The molecule has 0 spiro atoms. The highest BCUT2D eigenvalue weighted by molar-refractivity contribution is 5.80. The van der Waals surface area contributed by atoms with E-state index in [0.717, 1.165) is 16.7 Å². The normalized spacial score (nSPS) is 11.6. The summed E-state index contributed by atoms with van der Waals surface area (Å²) in [6.07, 6.45) is 2.86. The van der Waals surface area contributed by atoms with Crippen molar-refractivity contribution in [2.24, 2.45) is 0 Å². The first kappa shape index (κ1) is 16.7. The second-order valence-electron chi connectivity index (χ2n) is 5.73. The first-order valence-corrected chi connectivity index (χ1v) is 8.21. The van der Waals surface area contributed by atoms with E-state index in [1.165, 1.54) is 0 Å². The van der Waals surface area contributed by atoms with Gasteiger partial charge in [0.1, 0.15) is 5.75 Å². The third-order valence-electron chi connectivity index (χ3n) is 3.83. The summed E-state index contributed by atoms with van der Waals surface area (Å²) in [4.78, 5) is 16.2. The van der Waals surface area contributed by atoms with E-state index in [2.05, 4.69) is 22.4 Å². The molecule has 0 fully saturated rings. The number of hydrogen-bond donors (Lipinski definition) is 1. The molecule has 1 amide bonds.